The maximum Gasteiger partial charge on any atom is 0.277 e. The van der Waals surface area contributed by atoms with Crippen molar-refractivity contribution in [1.29, 1.82) is 0 Å². The molecule has 2 aromatic heterocycles. The minimum Gasteiger partial charge on any atom is -0.325 e. The number of H-pyrrole nitrogens is 1. The van der Waals surface area contributed by atoms with E-state index in [9.17, 15) is 9.59 Å². The predicted octanol–water partition coefficient (Wildman–Crippen LogP) is 1.15. The minimum atomic E-state index is -0.150. The Morgan fingerprint density at radius 3 is 2.73 bits per heavy atom. The van der Waals surface area contributed by atoms with Crippen LogP contribution in [0.15, 0.2) is 35.4 Å². The number of nitrogens with one attached hydrogen (secondary N) is 2. The lowest BCUT2D eigenvalue weighted by atomic mass is 10.1. The Hall–Kier alpha value is -3.00. The molecule has 0 atom stereocenters. The van der Waals surface area contributed by atoms with E-state index in [2.05, 4.69) is 20.4 Å². The van der Waals surface area contributed by atoms with Gasteiger partial charge in [0.15, 0.2) is 0 Å². The Morgan fingerprint density at radius 2 is 2.00 bits per heavy atom. The predicted molar refractivity (Wildman–Crippen MR) is 99.4 cm³/mol. The monoisotopic (exact) mass is 354 g/mol. The first-order valence-electron chi connectivity index (χ1n) is 8.40. The highest BCUT2D eigenvalue weighted by Crippen LogP contribution is 2.08. The summed E-state index contributed by atoms with van der Waals surface area (Å²) < 4.78 is 1.33. The number of hydrogen-bond donors (Lipinski definition) is 2. The zero-order valence-electron chi connectivity index (χ0n) is 15.1. The SMILES string of the molecule is Cc1ccc(NC(=O)CN(C)CCc2c(C)nc3nc[nH]n3c2=O)cc1. The zero-order valence-corrected chi connectivity index (χ0v) is 15.1. The number of rotatable bonds is 6. The quantitative estimate of drug-likeness (QED) is 0.692. The summed E-state index contributed by atoms with van der Waals surface area (Å²) in [6.07, 6.45) is 1.95. The molecule has 1 amide bonds. The van der Waals surface area contributed by atoms with Crippen molar-refractivity contribution in [2.75, 3.05) is 25.5 Å². The highest BCUT2D eigenvalue weighted by molar-refractivity contribution is 5.92. The summed E-state index contributed by atoms with van der Waals surface area (Å²) in [4.78, 5) is 34.8. The van der Waals surface area contributed by atoms with Crippen molar-refractivity contribution in [2.45, 2.75) is 20.3 Å². The fourth-order valence-corrected chi connectivity index (χ4v) is 2.75. The van der Waals surface area contributed by atoms with Gasteiger partial charge in [0, 0.05) is 17.8 Å². The van der Waals surface area contributed by atoms with Crippen LogP contribution in [0.5, 0.6) is 0 Å². The molecule has 3 aromatic rings. The van der Waals surface area contributed by atoms with E-state index in [1.165, 1.54) is 10.8 Å². The van der Waals surface area contributed by atoms with Gasteiger partial charge in [-0.05, 0) is 39.4 Å². The Bertz CT molecular complexity index is 974. The minimum absolute atomic E-state index is 0.0908. The first-order chi connectivity index (χ1) is 12.4. The third-order valence-corrected chi connectivity index (χ3v) is 4.22. The van der Waals surface area contributed by atoms with Crippen molar-refractivity contribution < 1.29 is 4.79 Å². The van der Waals surface area contributed by atoms with E-state index in [4.69, 9.17) is 0 Å². The van der Waals surface area contributed by atoms with E-state index in [1.54, 1.807) is 6.92 Å². The van der Waals surface area contributed by atoms with Gasteiger partial charge in [0.1, 0.15) is 6.33 Å². The maximum absolute atomic E-state index is 12.5. The van der Waals surface area contributed by atoms with Gasteiger partial charge < -0.3 is 5.32 Å². The number of benzene rings is 1. The number of aryl methyl sites for hydroxylation is 2. The average Bonchev–Trinajstić information content (AvgIpc) is 3.05. The molecule has 0 fully saturated rings. The summed E-state index contributed by atoms with van der Waals surface area (Å²) in [5.41, 5.74) is 3.06. The molecule has 136 valence electrons. The second-order valence-electron chi connectivity index (χ2n) is 6.41. The summed E-state index contributed by atoms with van der Waals surface area (Å²) in [5.74, 6) is 0.272. The van der Waals surface area contributed by atoms with Crippen LogP contribution in [-0.4, -0.2) is 50.5 Å². The highest BCUT2D eigenvalue weighted by atomic mass is 16.2. The molecule has 2 N–H and O–H groups in total. The number of carbonyl (C=O) groups excluding carboxylic acids is 1. The zero-order chi connectivity index (χ0) is 18.7. The molecule has 1 aromatic carbocycles. The smallest absolute Gasteiger partial charge is 0.277 e. The van der Waals surface area contributed by atoms with E-state index >= 15 is 0 Å². The van der Waals surface area contributed by atoms with Gasteiger partial charge in [-0.15, -0.1) is 0 Å². The number of carbonyl (C=O) groups is 1. The maximum atomic E-state index is 12.5. The number of amides is 1. The first kappa shape index (κ1) is 17.8. The average molecular weight is 354 g/mol. The van der Waals surface area contributed by atoms with Crippen LogP contribution >= 0.6 is 0 Å². The van der Waals surface area contributed by atoms with Crippen molar-refractivity contribution in [3.8, 4) is 0 Å². The standard InChI is InChI=1S/C18H22N6O2/c1-12-4-6-14(7-5-12)22-16(25)10-23(3)9-8-15-13(2)21-18-19-11-20-24(18)17(15)26/h4-7,11H,8-10H2,1-3H3,(H,22,25)(H,19,20,21). The van der Waals surface area contributed by atoms with E-state index in [0.29, 0.717) is 30.0 Å². The van der Waals surface area contributed by atoms with Gasteiger partial charge in [-0.25, -0.2) is 9.97 Å². The number of likely N-dealkylation sites (N-methyl/N-ethyl adjacent to an activating group) is 1. The normalized spacial score (nSPS) is 11.2. The van der Waals surface area contributed by atoms with E-state index in [0.717, 1.165) is 11.3 Å². The molecule has 8 heteroatoms. The third-order valence-electron chi connectivity index (χ3n) is 4.22. The Kier molecular flexibility index (Phi) is 5.13. The van der Waals surface area contributed by atoms with Crippen molar-refractivity contribution >= 4 is 17.4 Å². The van der Waals surface area contributed by atoms with Crippen molar-refractivity contribution in [3.63, 3.8) is 0 Å². The van der Waals surface area contributed by atoms with Crippen LogP contribution in [0, 0.1) is 13.8 Å². The topological polar surface area (TPSA) is 95.4 Å². The molecule has 8 nitrogen and oxygen atoms in total. The lowest BCUT2D eigenvalue weighted by Gasteiger charge is -2.16. The molecule has 0 aliphatic heterocycles. The lowest BCUT2D eigenvalue weighted by molar-refractivity contribution is -0.117. The molecular weight excluding hydrogens is 332 g/mol. The largest absolute Gasteiger partial charge is 0.325 e. The van der Waals surface area contributed by atoms with Crippen LogP contribution in [-0.2, 0) is 11.2 Å². The summed E-state index contributed by atoms with van der Waals surface area (Å²) >= 11 is 0. The molecule has 0 radical (unpaired) electrons. The number of aromatic nitrogens is 4. The van der Waals surface area contributed by atoms with E-state index in [-0.39, 0.29) is 18.0 Å². The molecule has 0 spiro atoms. The van der Waals surface area contributed by atoms with Gasteiger partial charge >= 0.3 is 0 Å². The number of nitrogens with zero attached hydrogens (tertiary/aromatic N) is 4. The number of aromatic amines is 1. The van der Waals surface area contributed by atoms with Crippen LogP contribution in [0.2, 0.25) is 0 Å². The van der Waals surface area contributed by atoms with Gasteiger partial charge in [-0.1, -0.05) is 17.7 Å². The van der Waals surface area contributed by atoms with Crippen LogP contribution in [0.25, 0.3) is 5.78 Å². The molecule has 0 aliphatic carbocycles. The first-order valence-corrected chi connectivity index (χ1v) is 8.40. The molecule has 3 rings (SSSR count). The Labute approximate surface area is 150 Å². The molecule has 26 heavy (non-hydrogen) atoms. The molecule has 0 saturated heterocycles. The molecule has 0 unspecified atom stereocenters. The van der Waals surface area contributed by atoms with Gasteiger partial charge in [0.25, 0.3) is 11.3 Å². The van der Waals surface area contributed by atoms with Gasteiger partial charge in [0.2, 0.25) is 5.91 Å². The highest BCUT2D eigenvalue weighted by Gasteiger charge is 2.13. The second kappa shape index (κ2) is 7.49. The Balaban J connectivity index is 1.58. The number of fused-ring (bicyclic) bond motifs is 1. The molecule has 2 heterocycles. The fourth-order valence-electron chi connectivity index (χ4n) is 2.75. The number of hydrogen-bond acceptors (Lipinski definition) is 5. The summed E-state index contributed by atoms with van der Waals surface area (Å²) in [5, 5.41) is 5.63. The summed E-state index contributed by atoms with van der Waals surface area (Å²) in [7, 11) is 1.85. The van der Waals surface area contributed by atoms with Crippen LogP contribution in [0.3, 0.4) is 0 Å². The van der Waals surface area contributed by atoms with Crippen LogP contribution < -0.4 is 10.9 Å². The van der Waals surface area contributed by atoms with E-state index < -0.39 is 0 Å². The summed E-state index contributed by atoms with van der Waals surface area (Å²) in [6, 6.07) is 7.66. The van der Waals surface area contributed by atoms with Crippen LogP contribution in [0.4, 0.5) is 5.69 Å². The number of anilines is 1. The third kappa shape index (κ3) is 3.97. The van der Waals surface area contributed by atoms with Gasteiger partial charge in [0.05, 0.1) is 12.2 Å². The molecular formula is C18H22N6O2. The van der Waals surface area contributed by atoms with Crippen molar-refractivity contribution in [1.82, 2.24) is 24.5 Å². The lowest BCUT2D eigenvalue weighted by Crippen LogP contribution is -2.33. The molecule has 0 bridgehead atoms. The van der Waals surface area contributed by atoms with Crippen molar-refractivity contribution in [2.24, 2.45) is 0 Å². The van der Waals surface area contributed by atoms with Crippen molar-refractivity contribution in [3.05, 3.63) is 57.8 Å². The second-order valence-corrected chi connectivity index (χ2v) is 6.41. The fraction of sp³-hybridized carbons (Fsp3) is 0.333. The van der Waals surface area contributed by atoms with Gasteiger partial charge in [-0.2, -0.15) is 4.52 Å². The molecule has 0 aliphatic rings. The summed E-state index contributed by atoms with van der Waals surface area (Å²) in [6.45, 7) is 4.61. The Morgan fingerprint density at radius 1 is 1.27 bits per heavy atom. The molecule has 0 saturated carbocycles. The van der Waals surface area contributed by atoms with Gasteiger partial charge in [-0.3, -0.25) is 19.6 Å². The van der Waals surface area contributed by atoms with Crippen LogP contribution in [0.1, 0.15) is 16.8 Å². The van der Waals surface area contributed by atoms with E-state index in [1.807, 2.05) is 43.1 Å².